The van der Waals surface area contributed by atoms with Crippen molar-refractivity contribution in [3.8, 4) is 11.5 Å². The van der Waals surface area contributed by atoms with Crippen LogP contribution in [0.1, 0.15) is 12.5 Å². The maximum absolute atomic E-state index is 10.3. The first-order valence-corrected chi connectivity index (χ1v) is 4.65. The van der Waals surface area contributed by atoms with Gasteiger partial charge in [-0.2, -0.15) is 0 Å². The molecule has 0 fully saturated rings. The molecule has 0 radical (unpaired) electrons. The number of aliphatic imine (C=N–C) groups is 1. The summed E-state index contributed by atoms with van der Waals surface area (Å²) in [5.74, 6) is -0.453. The number of phenolic OH excluding ortho intramolecular Hbond substituents is 1. The molecule has 86 valence electrons. The van der Waals surface area contributed by atoms with Crippen LogP contribution in [0.3, 0.4) is 0 Å². The van der Waals surface area contributed by atoms with E-state index < -0.39 is 5.97 Å². The molecule has 0 aliphatic rings. The fourth-order valence-corrected chi connectivity index (χ4v) is 1.22. The number of ether oxygens (including phenoxy) is 1. The van der Waals surface area contributed by atoms with Gasteiger partial charge in [-0.25, -0.2) is 0 Å². The van der Waals surface area contributed by atoms with Crippen molar-refractivity contribution in [2.45, 2.75) is 6.92 Å². The second-order valence-corrected chi connectivity index (χ2v) is 3.18. The van der Waals surface area contributed by atoms with Gasteiger partial charge in [0.05, 0.1) is 7.11 Å². The number of benzene rings is 1. The van der Waals surface area contributed by atoms with Gasteiger partial charge in [0.15, 0.2) is 0 Å². The number of hydrogen-bond donors (Lipinski definition) is 2. The number of phenols is 1. The third kappa shape index (κ3) is 2.98. The van der Waals surface area contributed by atoms with Gasteiger partial charge in [-0.05, 0) is 19.1 Å². The second-order valence-electron chi connectivity index (χ2n) is 3.18. The Morgan fingerprint density at radius 2 is 2.19 bits per heavy atom. The van der Waals surface area contributed by atoms with Crippen LogP contribution in [0.5, 0.6) is 11.5 Å². The molecule has 1 rings (SSSR count). The molecule has 0 aromatic heterocycles. The van der Waals surface area contributed by atoms with Crippen LogP contribution in [0.4, 0.5) is 0 Å². The highest BCUT2D eigenvalue weighted by Crippen LogP contribution is 2.23. The molecular weight excluding hydrogens is 210 g/mol. The van der Waals surface area contributed by atoms with Crippen molar-refractivity contribution in [2.75, 3.05) is 13.7 Å². The lowest BCUT2D eigenvalue weighted by Gasteiger charge is -2.06. The molecule has 0 aliphatic heterocycles. The largest absolute Gasteiger partial charge is 0.507 e. The van der Waals surface area contributed by atoms with Crippen molar-refractivity contribution in [1.29, 1.82) is 0 Å². The molecule has 2 N–H and O–H groups in total. The summed E-state index contributed by atoms with van der Waals surface area (Å²) in [6.07, 6.45) is 0. The van der Waals surface area contributed by atoms with Crippen molar-refractivity contribution in [2.24, 2.45) is 4.99 Å². The van der Waals surface area contributed by atoms with Crippen LogP contribution in [0, 0.1) is 0 Å². The number of carboxylic acids is 1. The minimum absolute atomic E-state index is 0.0194. The van der Waals surface area contributed by atoms with Crippen molar-refractivity contribution in [3.05, 3.63) is 23.8 Å². The van der Waals surface area contributed by atoms with E-state index in [1.54, 1.807) is 19.1 Å². The standard InChI is InChI=1S/C11H13NO4/c1-7(12-6-11(14)15)9-4-3-8(16-2)5-10(9)13/h3-5,13H,6H2,1-2H3,(H,14,15). The van der Waals surface area contributed by atoms with E-state index in [0.717, 1.165) is 0 Å². The van der Waals surface area contributed by atoms with Gasteiger partial charge in [0.25, 0.3) is 0 Å². The smallest absolute Gasteiger partial charge is 0.325 e. The Balaban J connectivity index is 2.95. The monoisotopic (exact) mass is 223 g/mol. The number of aliphatic carboxylic acids is 1. The van der Waals surface area contributed by atoms with Crippen LogP contribution >= 0.6 is 0 Å². The van der Waals surface area contributed by atoms with E-state index in [0.29, 0.717) is 17.0 Å². The summed E-state index contributed by atoms with van der Waals surface area (Å²) in [7, 11) is 1.50. The second kappa shape index (κ2) is 5.16. The van der Waals surface area contributed by atoms with Crippen LogP contribution in [0.25, 0.3) is 0 Å². The third-order valence-corrected chi connectivity index (χ3v) is 2.05. The zero-order valence-electron chi connectivity index (χ0n) is 9.10. The molecule has 0 unspecified atom stereocenters. The summed E-state index contributed by atoms with van der Waals surface area (Å²) in [6, 6.07) is 4.76. The maximum Gasteiger partial charge on any atom is 0.325 e. The Morgan fingerprint density at radius 1 is 1.50 bits per heavy atom. The molecule has 5 heteroatoms. The summed E-state index contributed by atoms with van der Waals surface area (Å²) in [4.78, 5) is 14.2. The highest BCUT2D eigenvalue weighted by atomic mass is 16.5. The molecule has 0 heterocycles. The van der Waals surface area contributed by atoms with Gasteiger partial charge in [0, 0.05) is 17.3 Å². The van der Waals surface area contributed by atoms with Gasteiger partial charge < -0.3 is 14.9 Å². The minimum Gasteiger partial charge on any atom is -0.507 e. The average Bonchev–Trinajstić information content (AvgIpc) is 2.25. The third-order valence-electron chi connectivity index (χ3n) is 2.05. The van der Waals surface area contributed by atoms with Crippen molar-refractivity contribution in [1.82, 2.24) is 0 Å². The SMILES string of the molecule is COc1ccc(C(C)=NCC(=O)O)c(O)c1. The molecule has 0 atom stereocenters. The number of aromatic hydroxyl groups is 1. The van der Waals surface area contributed by atoms with Gasteiger partial charge in [0.2, 0.25) is 0 Å². The fraction of sp³-hybridized carbons (Fsp3) is 0.273. The van der Waals surface area contributed by atoms with Gasteiger partial charge in [-0.3, -0.25) is 9.79 Å². The number of nitrogens with zero attached hydrogens (tertiary/aromatic N) is 1. The number of carboxylic acid groups (broad SMARTS) is 1. The molecule has 0 saturated heterocycles. The zero-order valence-corrected chi connectivity index (χ0v) is 9.10. The average molecular weight is 223 g/mol. The van der Waals surface area contributed by atoms with Crippen LogP contribution in [-0.4, -0.2) is 35.5 Å². The maximum atomic E-state index is 10.3. The Labute approximate surface area is 93.0 Å². The predicted molar refractivity (Wildman–Crippen MR) is 59.4 cm³/mol. The summed E-state index contributed by atoms with van der Waals surface area (Å²) < 4.78 is 4.93. The van der Waals surface area contributed by atoms with Gasteiger partial charge in [-0.15, -0.1) is 0 Å². The lowest BCUT2D eigenvalue weighted by Crippen LogP contribution is -2.04. The zero-order chi connectivity index (χ0) is 12.1. The molecule has 0 saturated carbocycles. The van der Waals surface area contributed by atoms with E-state index in [1.807, 2.05) is 0 Å². The first-order valence-electron chi connectivity index (χ1n) is 4.65. The number of rotatable bonds is 4. The Bertz CT molecular complexity index is 426. The topological polar surface area (TPSA) is 79.1 Å². The van der Waals surface area contributed by atoms with Crippen molar-refractivity contribution < 1.29 is 19.7 Å². The molecule has 0 bridgehead atoms. The van der Waals surface area contributed by atoms with Crippen LogP contribution in [0.2, 0.25) is 0 Å². The summed E-state index contributed by atoms with van der Waals surface area (Å²) in [5, 5.41) is 18.1. The summed E-state index contributed by atoms with van der Waals surface area (Å²) in [5.41, 5.74) is 0.976. The molecule has 5 nitrogen and oxygen atoms in total. The van der Waals surface area contributed by atoms with Crippen LogP contribution < -0.4 is 4.74 Å². The van der Waals surface area contributed by atoms with Gasteiger partial charge in [0.1, 0.15) is 18.0 Å². The highest BCUT2D eigenvalue weighted by molar-refractivity contribution is 6.01. The van der Waals surface area contributed by atoms with E-state index in [4.69, 9.17) is 9.84 Å². The normalized spacial score (nSPS) is 11.2. The van der Waals surface area contributed by atoms with E-state index in [9.17, 15) is 9.90 Å². The summed E-state index contributed by atoms with van der Waals surface area (Å²) in [6.45, 7) is 1.34. The van der Waals surface area contributed by atoms with E-state index in [-0.39, 0.29) is 12.3 Å². The molecule has 1 aromatic rings. The number of carbonyl (C=O) groups is 1. The highest BCUT2D eigenvalue weighted by Gasteiger charge is 2.06. The molecule has 0 spiro atoms. The molecule has 0 aliphatic carbocycles. The Hall–Kier alpha value is -2.04. The Morgan fingerprint density at radius 3 is 2.69 bits per heavy atom. The van der Waals surface area contributed by atoms with Crippen molar-refractivity contribution >= 4 is 11.7 Å². The van der Waals surface area contributed by atoms with E-state index in [2.05, 4.69) is 4.99 Å². The first kappa shape index (κ1) is 12.0. The number of hydrogen-bond acceptors (Lipinski definition) is 4. The van der Waals surface area contributed by atoms with E-state index >= 15 is 0 Å². The van der Waals surface area contributed by atoms with Crippen LogP contribution in [-0.2, 0) is 4.79 Å². The van der Waals surface area contributed by atoms with Crippen molar-refractivity contribution in [3.63, 3.8) is 0 Å². The molecule has 1 aromatic carbocycles. The van der Waals surface area contributed by atoms with Gasteiger partial charge >= 0.3 is 5.97 Å². The number of methoxy groups -OCH3 is 1. The van der Waals surface area contributed by atoms with E-state index in [1.165, 1.54) is 13.2 Å². The molecule has 0 amide bonds. The summed E-state index contributed by atoms with van der Waals surface area (Å²) >= 11 is 0. The molecular formula is C11H13NO4. The van der Waals surface area contributed by atoms with Gasteiger partial charge in [-0.1, -0.05) is 0 Å². The first-order chi connectivity index (χ1) is 7.54. The Kier molecular flexibility index (Phi) is 3.88. The predicted octanol–water partition coefficient (Wildman–Crippen LogP) is 1.29. The lowest BCUT2D eigenvalue weighted by molar-refractivity contribution is -0.135. The quantitative estimate of drug-likeness (QED) is 0.754. The van der Waals surface area contributed by atoms with Crippen LogP contribution in [0.15, 0.2) is 23.2 Å². The lowest BCUT2D eigenvalue weighted by atomic mass is 10.1. The molecule has 16 heavy (non-hydrogen) atoms. The fourth-order valence-electron chi connectivity index (χ4n) is 1.22. The minimum atomic E-state index is -1.01.